The van der Waals surface area contributed by atoms with E-state index in [9.17, 15) is 14.3 Å². The van der Waals surface area contributed by atoms with Crippen molar-refractivity contribution in [3.8, 4) is 0 Å². The van der Waals surface area contributed by atoms with Crippen molar-refractivity contribution in [1.82, 2.24) is 10.6 Å². The van der Waals surface area contributed by atoms with E-state index >= 15 is 0 Å². The molecule has 1 aliphatic carbocycles. The molecule has 98 valence electrons. The average Bonchev–Trinajstić information content (AvgIpc) is 2.31. The van der Waals surface area contributed by atoms with Crippen LogP contribution in [0.3, 0.4) is 0 Å². The van der Waals surface area contributed by atoms with Crippen LogP contribution in [0.25, 0.3) is 0 Å². The van der Waals surface area contributed by atoms with E-state index < -0.39 is 5.60 Å². The van der Waals surface area contributed by atoms with E-state index in [-0.39, 0.29) is 24.9 Å². The summed E-state index contributed by atoms with van der Waals surface area (Å²) in [5, 5.41) is 15.0. The van der Waals surface area contributed by atoms with Crippen LogP contribution in [0.15, 0.2) is 24.3 Å². The van der Waals surface area contributed by atoms with E-state index in [0.717, 1.165) is 19.3 Å². The minimum absolute atomic E-state index is 0.266. The van der Waals surface area contributed by atoms with Gasteiger partial charge in [-0.25, -0.2) is 9.18 Å². The van der Waals surface area contributed by atoms with Gasteiger partial charge in [-0.3, -0.25) is 0 Å². The Labute approximate surface area is 105 Å². The lowest BCUT2D eigenvalue weighted by Crippen LogP contribution is -2.49. The Balaban J connectivity index is 1.71. The number of hydrogen-bond acceptors (Lipinski definition) is 2. The molecule has 0 aromatic heterocycles. The Morgan fingerprint density at radius 1 is 1.39 bits per heavy atom. The number of halogens is 1. The summed E-state index contributed by atoms with van der Waals surface area (Å²) in [5.41, 5.74) is -0.0246. The Hall–Kier alpha value is -1.62. The highest BCUT2D eigenvalue weighted by Crippen LogP contribution is 2.30. The van der Waals surface area contributed by atoms with Crippen LogP contribution >= 0.6 is 0 Å². The first-order valence-electron chi connectivity index (χ1n) is 6.06. The van der Waals surface area contributed by atoms with Crippen molar-refractivity contribution < 1.29 is 14.3 Å². The largest absolute Gasteiger partial charge is 0.388 e. The Morgan fingerprint density at radius 2 is 2.17 bits per heavy atom. The molecule has 0 aliphatic heterocycles. The molecule has 4 nitrogen and oxygen atoms in total. The van der Waals surface area contributed by atoms with Gasteiger partial charge >= 0.3 is 6.03 Å². The summed E-state index contributed by atoms with van der Waals surface area (Å²) in [5.74, 6) is -0.321. The van der Waals surface area contributed by atoms with Gasteiger partial charge in [0.1, 0.15) is 5.82 Å². The first-order chi connectivity index (χ1) is 8.57. The number of hydrogen-bond donors (Lipinski definition) is 3. The zero-order valence-electron chi connectivity index (χ0n) is 10.1. The van der Waals surface area contributed by atoms with Crippen molar-refractivity contribution in [2.45, 2.75) is 31.4 Å². The number of amides is 2. The molecule has 2 rings (SSSR count). The van der Waals surface area contributed by atoms with Crippen molar-refractivity contribution >= 4 is 6.03 Å². The maximum absolute atomic E-state index is 12.9. The first-order valence-corrected chi connectivity index (χ1v) is 6.06. The number of benzene rings is 1. The van der Waals surface area contributed by atoms with E-state index in [1.807, 2.05) is 0 Å². The second kappa shape index (κ2) is 5.35. The summed E-state index contributed by atoms with van der Waals surface area (Å²) in [6, 6.07) is 5.72. The number of nitrogens with one attached hydrogen (secondary N) is 2. The smallest absolute Gasteiger partial charge is 0.315 e. The van der Waals surface area contributed by atoms with Crippen LogP contribution in [0.5, 0.6) is 0 Å². The lowest BCUT2D eigenvalue weighted by Gasteiger charge is -2.36. The summed E-state index contributed by atoms with van der Waals surface area (Å²) < 4.78 is 12.9. The molecule has 3 N–H and O–H groups in total. The van der Waals surface area contributed by atoms with Crippen LogP contribution in [0.1, 0.15) is 24.8 Å². The molecule has 0 saturated heterocycles. The normalized spacial score (nSPS) is 16.8. The van der Waals surface area contributed by atoms with Gasteiger partial charge in [0.2, 0.25) is 0 Å². The molecule has 0 bridgehead atoms. The number of rotatable bonds is 4. The summed E-state index contributed by atoms with van der Waals surface area (Å²) >= 11 is 0. The van der Waals surface area contributed by atoms with Crippen LogP contribution in [0.4, 0.5) is 9.18 Å². The van der Waals surface area contributed by atoms with Gasteiger partial charge in [-0.1, -0.05) is 12.1 Å². The van der Waals surface area contributed by atoms with Gasteiger partial charge in [0.15, 0.2) is 0 Å². The van der Waals surface area contributed by atoms with Crippen LogP contribution in [-0.4, -0.2) is 23.3 Å². The molecular weight excluding hydrogens is 235 g/mol. The fourth-order valence-corrected chi connectivity index (χ4v) is 1.90. The monoisotopic (exact) mass is 252 g/mol. The SMILES string of the molecule is O=C(NCc1cccc(F)c1)NCC1(O)CCC1. The van der Waals surface area contributed by atoms with E-state index in [0.29, 0.717) is 5.56 Å². The number of urea groups is 1. The molecule has 1 saturated carbocycles. The maximum atomic E-state index is 12.9. The number of aliphatic hydroxyl groups is 1. The molecule has 0 heterocycles. The van der Waals surface area contributed by atoms with Crippen LogP contribution in [-0.2, 0) is 6.54 Å². The van der Waals surface area contributed by atoms with Gasteiger partial charge in [0.25, 0.3) is 0 Å². The van der Waals surface area contributed by atoms with Gasteiger partial charge in [0, 0.05) is 13.1 Å². The van der Waals surface area contributed by atoms with Crippen LogP contribution in [0, 0.1) is 5.82 Å². The molecule has 1 aliphatic rings. The first kappa shape index (κ1) is 12.8. The molecule has 5 heteroatoms. The summed E-state index contributed by atoms with van der Waals surface area (Å²) in [6.45, 7) is 0.532. The number of carbonyl (C=O) groups is 1. The topological polar surface area (TPSA) is 61.4 Å². The molecule has 0 atom stereocenters. The lowest BCUT2D eigenvalue weighted by molar-refractivity contribution is -0.0290. The van der Waals surface area contributed by atoms with Gasteiger partial charge in [-0.15, -0.1) is 0 Å². The van der Waals surface area contributed by atoms with Crippen LogP contribution < -0.4 is 10.6 Å². The van der Waals surface area contributed by atoms with Crippen molar-refractivity contribution in [2.24, 2.45) is 0 Å². The number of carbonyl (C=O) groups excluding carboxylic acids is 1. The van der Waals surface area contributed by atoms with Gasteiger partial charge in [-0.05, 0) is 37.0 Å². The van der Waals surface area contributed by atoms with Gasteiger partial charge in [0.05, 0.1) is 5.60 Å². The third kappa shape index (κ3) is 3.43. The maximum Gasteiger partial charge on any atom is 0.315 e. The highest BCUT2D eigenvalue weighted by molar-refractivity contribution is 5.73. The third-order valence-electron chi connectivity index (χ3n) is 3.20. The second-order valence-corrected chi connectivity index (χ2v) is 4.74. The minimum Gasteiger partial charge on any atom is -0.388 e. The molecule has 0 spiro atoms. The van der Waals surface area contributed by atoms with E-state index in [2.05, 4.69) is 10.6 Å². The third-order valence-corrected chi connectivity index (χ3v) is 3.20. The Kier molecular flexibility index (Phi) is 3.81. The van der Waals surface area contributed by atoms with Crippen molar-refractivity contribution in [2.75, 3.05) is 6.54 Å². The molecule has 1 aromatic carbocycles. The standard InChI is InChI=1S/C13H17FN2O2/c14-11-4-1-3-10(7-11)8-15-12(17)16-9-13(18)5-2-6-13/h1,3-4,7,18H,2,5-6,8-9H2,(H2,15,16,17). The zero-order chi connectivity index (χ0) is 13.0. The van der Waals surface area contributed by atoms with E-state index in [1.165, 1.54) is 12.1 Å². The lowest BCUT2D eigenvalue weighted by atomic mass is 9.80. The van der Waals surface area contributed by atoms with Crippen molar-refractivity contribution in [3.63, 3.8) is 0 Å². The molecule has 1 aromatic rings. The van der Waals surface area contributed by atoms with Crippen LogP contribution in [0.2, 0.25) is 0 Å². The summed E-state index contributed by atoms with van der Waals surface area (Å²) in [6.07, 6.45) is 2.47. The zero-order valence-corrected chi connectivity index (χ0v) is 10.1. The van der Waals surface area contributed by atoms with E-state index in [1.54, 1.807) is 12.1 Å². The molecule has 0 unspecified atom stereocenters. The average molecular weight is 252 g/mol. The molecule has 2 amide bonds. The minimum atomic E-state index is -0.726. The van der Waals surface area contributed by atoms with Crippen molar-refractivity contribution in [3.05, 3.63) is 35.6 Å². The van der Waals surface area contributed by atoms with Gasteiger partial charge < -0.3 is 15.7 Å². The fourth-order valence-electron chi connectivity index (χ4n) is 1.90. The van der Waals surface area contributed by atoms with Gasteiger partial charge in [-0.2, -0.15) is 0 Å². The summed E-state index contributed by atoms with van der Waals surface area (Å²) in [7, 11) is 0. The van der Waals surface area contributed by atoms with E-state index in [4.69, 9.17) is 0 Å². The molecule has 0 radical (unpaired) electrons. The molecule has 18 heavy (non-hydrogen) atoms. The molecular formula is C13H17FN2O2. The highest BCUT2D eigenvalue weighted by atomic mass is 19.1. The quantitative estimate of drug-likeness (QED) is 0.761. The second-order valence-electron chi connectivity index (χ2n) is 4.74. The predicted octanol–water partition coefficient (Wildman–Crippen LogP) is 1.54. The summed E-state index contributed by atoms with van der Waals surface area (Å²) in [4.78, 5) is 11.5. The Bertz CT molecular complexity index is 433. The predicted molar refractivity (Wildman–Crippen MR) is 65.4 cm³/mol. The fraction of sp³-hybridized carbons (Fsp3) is 0.462. The highest BCUT2D eigenvalue weighted by Gasteiger charge is 2.34. The Morgan fingerprint density at radius 3 is 2.78 bits per heavy atom. The van der Waals surface area contributed by atoms with Crippen molar-refractivity contribution in [1.29, 1.82) is 0 Å². The molecule has 1 fully saturated rings.